The van der Waals surface area contributed by atoms with Gasteiger partial charge in [0, 0.05) is 37.1 Å². The summed E-state index contributed by atoms with van der Waals surface area (Å²) in [6.07, 6.45) is 5.73. The minimum absolute atomic E-state index is 0.123. The van der Waals surface area contributed by atoms with Crippen LogP contribution in [0.3, 0.4) is 0 Å². The fraction of sp³-hybridized carbons (Fsp3) is 0.692. The predicted octanol–water partition coefficient (Wildman–Crippen LogP) is 1.18. The minimum atomic E-state index is 0.123. The molecule has 5 nitrogen and oxygen atoms in total. The molecule has 5 heteroatoms. The summed E-state index contributed by atoms with van der Waals surface area (Å²) in [5.41, 5.74) is 1.06. The lowest BCUT2D eigenvalue weighted by Gasteiger charge is -2.29. The number of nitrogens with one attached hydrogen (secondary N) is 1. The maximum atomic E-state index is 9.17. The van der Waals surface area contributed by atoms with Crippen LogP contribution in [0.2, 0.25) is 0 Å². The van der Waals surface area contributed by atoms with Crippen molar-refractivity contribution < 1.29 is 5.11 Å². The van der Waals surface area contributed by atoms with Gasteiger partial charge in [0.05, 0.1) is 6.61 Å². The summed E-state index contributed by atoms with van der Waals surface area (Å²) < 4.78 is 0. The lowest BCUT2D eigenvalue weighted by molar-refractivity contribution is 0.295. The molecule has 18 heavy (non-hydrogen) atoms. The number of hydrogen-bond donors (Lipinski definition) is 2. The third-order valence-corrected chi connectivity index (χ3v) is 3.05. The van der Waals surface area contributed by atoms with Gasteiger partial charge in [-0.3, -0.25) is 0 Å². The average Bonchev–Trinajstić information content (AvgIpc) is 2.40. The fourth-order valence-corrected chi connectivity index (χ4v) is 2.07. The van der Waals surface area contributed by atoms with Crippen molar-refractivity contribution in [1.29, 1.82) is 0 Å². The molecule has 0 unspecified atom stereocenters. The van der Waals surface area contributed by atoms with E-state index in [9.17, 15) is 0 Å². The van der Waals surface area contributed by atoms with Crippen molar-refractivity contribution in [2.75, 3.05) is 25.1 Å². The van der Waals surface area contributed by atoms with E-state index in [1.165, 1.54) is 0 Å². The van der Waals surface area contributed by atoms with Gasteiger partial charge in [-0.25, -0.2) is 9.97 Å². The normalized spacial score (nSPS) is 10.9. The Morgan fingerprint density at radius 2 is 1.89 bits per heavy atom. The van der Waals surface area contributed by atoms with Crippen LogP contribution in [0.1, 0.15) is 32.3 Å². The fourth-order valence-electron chi connectivity index (χ4n) is 2.07. The second-order valence-corrected chi connectivity index (χ2v) is 4.31. The topological polar surface area (TPSA) is 61.3 Å². The van der Waals surface area contributed by atoms with Gasteiger partial charge in [0.1, 0.15) is 0 Å². The lowest BCUT2D eigenvalue weighted by Crippen LogP contribution is -2.38. The summed E-state index contributed by atoms with van der Waals surface area (Å²) in [5.74, 6) is 0.706. The Balaban J connectivity index is 2.84. The van der Waals surface area contributed by atoms with Crippen molar-refractivity contribution in [2.24, 2.45) is 0 Å². The molecular weight excluding hydrogens is 228 g/mol. The standard InChI is InChI=1S/C13H24N4O/c1-4-12(5-2)17(6-7-18)13-15-9-11(8-14-3)10-16-13/h9-10,12,14,18H,4-8H2,1-3H3. The van der Waals surface area contributed by atoms with Crippen molar-refractivity contribution in [3.63, 3.8) is 0 Å². The monoisotopic (exact) mass is 252 g/mol. The molecule has 1 aromatic heterocycles. The SMILES string of the molecule is CCC(CC)N(CCO)c1ncc(CNC)cn1. The number of aliphatic hydroxyl groups is 1. The summed E-state index contributed by atoms with van der Waals surface area (Å²) in [7, 11) is 1.90. The molecule has 0 amide bonds. The van der Waals surface area contributed by atoms with Crippen LogP contribution in [0.25, 0.3) is 0 Å². The van der Waals surface area contributed by atoms with Crippen molar-refractivity contribution in [3.05, 3.63) is 18.0 Å². The van der Waals surface area contributed by atoms with Gasteiger partial charge in [-0.15, -0.1) is 0 Å². The molecular formula is C13H24N4O. The second-order valence-electron chi connectivity index (χ2n) is 4.31. The highest BCUT2D eigenvalue weighted by atomic mass is 16.3. The number of rotatable bonds is 8. The molecule has 0 bridgehead atoms. The van der Waals surface area contributed by atoms with E-state index in [1.54, 1.807) is 0 Å². The van der Waals surface area contributed by atoms with E-state index in [2.05, 4.69) is 34.0 Å². The molecule has 0 spiro atoms. The van der Waals surface area contributed by atoms with Crippen LogP contribution in [-0.2, 0) is 6.54 Å². The first-order chi connectivity index (χ1) is 8.76. The van der Waals surface area contributed by atoms with Gasteiger partial charge < -0.3 is 15.3 Å². The van der Waals surface area contributed by atoms with Crippen LogP contribution >= 0.6 is 0 Å². The van der Waals surface area contributed by atoms with Gasteiger partial charge >= 0.3 is 0 Å². The van der Waals surface area contributed by atoms with Crippen molar-refractivity contribution in [3.8, 4) is 0 Å². The maximum absolute atomic E-state index is 9.17. The summed E-state index contributed by atoms with van der Waals surface area (Å²) in [6.45, 7) is 5.77. The summed E-state index contributed by atoms with van der Waals surface area (Å²) in [5, 5.41) is 12.2. The first kappa shape index (κ1) is 14.9. The number of nitrogens with zero attached hydrogens (tertiary/aromatic N) is 3. The van der Waals surface area contributed by atoms with Gasteiger partial charge in [-0.2, -0.15) is 0 Å². The van der Waals surface area contributed by atoms with Gasteiger partial charge in [0.15, 0.2) is 0 Å². The van der Waals surface area contributed by atoms with E-state index in [0.29, 0.717) is 18.5 Å². The maximum Gasteiger partial charge on any atom is 0.225 e. The Morgan fingerprint density at radius 3 is 2.33 bits per heavy atom. The zero-order chi connectivity index (χ0) is 13.4. The number of hydrogen-bond acceptors (Lipinski definition) is 5. The van der Waals surface area contributed by atoms with Crippen LogP contribution in [0.4, 0.5) is 5.95 Å². The summed E-state index contributed by atoms with van der Waals surface area (Å²) in [4.78, 5) is 10.9. The van der Waals surface area contributed by atoms with E-state index in [1.807, 2.05) is 19.4 Å². The Bertz CT molecular complexity index is 324. The van der Waals surface area contributed by atoms with Crippen LogP contribution in [0, 0.1) is 0 Å². The molecule has 0 saturated carbocycles. The minimum Gasteiger partial charge on any atom is -0.395 e. The van der Waals surface area contributed by atoms with Crippen LogP contribution in [0.15, 0.2) is 12.4 Å². The van der Waals surface area contributed by atoms with Crippen molar-refractivity contribution >= 4 is 5.95 Å². The molecule has 0 aliphatic heterocycles. The Kier molecular flexibility index (Phi) is 6.60. The number of aromatic nitrogens is 2. The molecule has 0 atom stereocenters. The second kappa shape index (κ2) is 8.00. The molecule has 2 N–H and O–H groups in total. The zero-order valence-electron chi connectivity index (χ0n) is 11.6. The average molecular weight is 252 g/mol. The van der Waals surface area contributed by atoms with Gasteiger partial charge in [0.2, 0.25) is 5.95 Å². The Labute approximate surface area is 109 Å². The molecule has 1 heterocycles. The highest BCUT2D eigenvalue weighted by molar-refractivity contribution is 5.31. The number of anilines is 1. The van der Waals surface area contributed by atoms with E-state index < -0.39 is 0 Å². The van der Waals surface area contributed by atoms with Gasteiger partial charge in [-0.1, -0.05) is 13.8 Å². The highest BCUT2D eigenvalue weighted by Gasteiger charge is 2.17. The summed E-state index contributed by atoms with van der Waals surface area (Å²) >= 11 is 0. The van der Waals surface area contributed by atoms with E-state index in [4.69, 9.17) is 5.11 Å². The van der Waals surface area contributed by atoms with Crippen molar-refractivity contribution in [2.45, 2.75) is 39.3 Å². The molecule has 1 aromatic rings. The largest absolute Gasteiger partial charge is 0.395 e. The molecule has 102 valence electrons. The molecule has 0 fully saturated rings. The van der Waals surface area contributed by atoms with Crippen LogP contribution in [0.5, 0.6) is 0 Å². The third kappa shape index (κ3) is 3.92. The van der Waals surface area contributed by atoms with Gasteiger partial charge in [0.25, 0.3) is 0 Å². The van der Waals surface area contributed by atoms with Crippen LogP contribution in [-0.4, -0.2) is 41.3 Å². The molecule has 0 radical (unpaired) electrons. The van der Waals surface area contributed by atoms with Gasteiger partial charge in [-0.05, 0) is 19.9 Å². The first-order valence-corrected chi connectivity index (χ1v) is 6.59. The Hall–Kier alpha value is -1.20. The van der Waals surface area contributed by atoms with Crippen LogP contribution < -0.4 is 10.2 Å². The lowest BCUT2D eigenvalue weighted by atomic mass is 10.1. The molecule has 0 saturated heterocycles. The first-order valence-electron chi connectivity index (χ1n) is 6.59. The highest BCUT2D eigenvalue weighted by Crippen LogP contribution is 2.15. The van der Waals surface area contributed by atoms with E-state index in [0.717, 1.165) is 24.9 Å². The number of aliphatic hydroxyl groups excluding tert-OH is 1. The quantitative estimate of drug-likeness (QED) is 0.727. The smallest absolute Gasteiger partial charge is 0.225 e. The summed E-state index contributed by atoms with van der Waals surface area (Å²) in [6, 6.07) is 0.382. The molecule has 0 aliphatic rings. The molecule has 1 rings (SSSR count). The molecule has 0 aliphatic carbocycles. The third-order valence-electron chi connectivity index (χ3n) is 3.05. The van der Waals surface area contributed by atoms with Crippen molar-refractivity contribution in [1.82, 2.24) is 15.3 Å². The Morgan fingerprint density at radius 1 is 1.28 bits per heavy atom. The molecule has 0 aromatic carbocycles. The van der Waals surface area contributed by atoms with E-state index >= 15 is 0 Å². The predicted molar refractivity (Wildman–Crippen MR) is 73.6 cm³/mol. The van der Waals surface area contributed by atoms with E-state index in [-0.39, 0.29) is 6.61 Å². The zero-order valence-corrected chi connectivity index (χ0v) is 11.6.